The zero-order valence-corrected chi connectivity index (χ0v) is 36.2. The average Bonchev–Trinajstić information content (AvgIpc) is 3.15. The first-order valence-corrected chi connectivity index (χ1v) is 21.1. The van der Waals surface area contributed by atoms with E-state index in [0.29, 0.717) is 24.7 Å². The molecule has 4 rings (SSSR count). The Labute approximate surface area is 341 Å². The summed E-state index contributed by atoms with van der Waals surface area (Å²) in [5, 5.41) is -0.0539. The summed E-state index contributed by atoms with van der Waals surface area (Å²) in [7, 11) is 0. The largest absolute Gasteiger partial charge is 0.457 e. The van der Waals surface area contributed by atoms with Gasteiger partial charge >= 0.3 is 5.97 Å². The minimum atomic E-state index is -1.00. The quantitative estimate of drug-likeness (QED) is 0.0703. The summed E-state index contributed by atoms with van der Waals surface area (Å²) in [4.78, 5) is 38.1. The van der Waals surface area contributed by atoms with E-state index in [2.05, 4.69) is 90.1 Å². The zero-order chi connectivity index (χ0) is 40.9. The smallest absolute Gasteiger partial charge is 0.331 e. The van der Waals surface area contributed by atoms with E-state index in [1.807, 2.05) is 101 Å². The van der Waals surface area contributed by atoms with Gasteiger partial charge in [0.2, 0.25) is 5.12 Å². The molecule has 4 unspecified atom stereocenters. The lowest BCUT2D eigenvalue weighted by Crippen LogP contribution is -2.49. The Morgan fingerprint density at radius 1 is 0.554 bits per heavy atom. The van der Waals surface area contributed by atoms with Gasteiger partial charge in [-0.05, 0) is 97.6 Å². The van der Waals surface area contributed by atoms with Gasteiger partial charge in [0, 0.05) is 25.3 Å². The molecule has 0 saturated carbocycles. The monoisotopic (exact) mass is 772 g/mol. The minimum absolute atomic E-state index is 0.0539. The summed E-state index contributed by atoms with van der Waals surface area (Å²) < 4.78 is 5.57. The molecule has 0 aliphatic carbocycles. The zero-order valence-electron chi connectivity index (χ0n) is 35.4. The molecule has 0 aromatic heterocycles. The van der Waals surface area contributed by atoms with Gasteiger partial charge in [0.05, 0.1) is 4.75 Å². The van der Waals surface area contributed by atoms with Crippen molar-refractivity contribution in [2.45, 2.75) is 129 Å². The van der Waals surface area contributed by atoms with Crippen molar-refractivity contribution < 1.29 is 14.3 Å². The number of hydrogen-bond acceptors (Lipinski definition) is 6. The van der Waals surface area contributed by atoms with Gasteiger partial charge in [0.25, 0.3) is 0 Å². The normalized spacial score (nSPS) is 14.6. The van der Waals surface area contributed by atoms with Gasteiger partial charge in [-0.25, -0.2) is 4.79 Å². The molecule has 298 valence electrons. The lowest BCUT2D eigenvalue weighted by atomic mass is 9.93. The predicted molar refractivity (Wildman–Crippen MR) is 238 cm³/mol. The number of aliphatic imine (C=N–C) groups is 2. The van der Waals surface area contributed by atoms with Crippen LogP contribution < -0.4 is 0 Å². The van der Waals surface area contributed by atoms with Crippen LogP contribution in [0.2, 0.25) is 0 Å². The molecule has 0 N–H and O–H groups in total. The number of thioether (sulfide) groups is 1. The first-order chi connectivity index (χ1) is 26.5. The van der Waals surface area contributed by atoms with Crippen molar-refractivity contribution in [2.24, 2.45) is 21.8 Å². The van der Waals surface area contributed by atoms with Crippen molar-refractivity contribution in [1.29, 1.82) is 0 Å². The summed E-state index contributed by atoms with van der Waals surface area (Å²) >= 11 is 1.21. The maximum absolute atomic E-state index is 14.2. The highest BCUT2D eigenvalue weighted by Crippen LogP contribution is 2.40. The number of esters is 1. The minimum Gasteiger partial charge on any atom is -0.457 e. The van der Waals surface area contributed by atoms with E-state index in [-0.39, 0.29) is 17.0 Å². The Bertz CT molecular complexity index is 1720. The first kappa shape index (κ1) is 44.4. The van der Waals surface area contributed by atoms with Gasteiger partial charge in [-0.3, -0.25) is 14.8 Å². The molecule has 4 atom stereocenters. The highest BCUT2D eigenvalue weighted by molar-refractivity contribution is 8.15. The van der Waals surface area contributed by atoms with Crippen molar-refractivity contribution in [3.63, 3.8) is 0 Å². The van der Waals surface area contributed by atoms with Crippen molar-refractivity contribution in [1.82, 2.24) is 0 Å². The van der Waals surface area contributed by atoms with E-state index in [1.54, 1.807) is 0 Å². The number of carbonyl (C=O) groups excluding carboxylic acids is 2. The van der Waals surface area contributed by atoms with E-state index in [1.165, 1.54) is 34.0 Å². The SMILES string of the molecule is CC(C=NC(Cc1ccccc1)C(=O)OC(C)(C)C(C)(C)SC(=O)C(Cc1ccccc1)N=CC(C)Cc1ccc(C(C)C)cc1)Cc1ccc(C(C)C)cc1. The van der Waals surface area contributed by atoms with Gasteiger partial charge in [-0.1, -0.05) is 162 Å². The Morgan fingerprint density at radius 3 is 1.34 bits per heavy atom. The summed E-state index contributed by atoms with van der Waals surface area (Å²) in [6.07, 6.45) is 6.41. The maximum atomic E-state index is 14.2. The third-order valence-electron chi connectivity index (χ3n) is 10.7. The molecule has 4 aromatic rings. The summed E-state index contributed by atoms with van der Waals surface area (Å²) in [5.74, 6) is 0.847. The fraction of sp³-hybridized carbons (Fsp3) is 0.440. The summed E-state index contributed by atoms with van der Waals surface area (Å²) in [6.45, 7) is 20.8. The van der Waals surface area contributed by atoms with Crippen molar-refractivity contribution >= 4 is 35.3 Å². The maximum Gasteiger partial charge on any atom is 0.331 e. The molecule has 0 saturated heterocycles. The number of carbonyl (C=O) groups is 2. The topological polar surface area (TPSA) is 68.1 Å². The molecular weight excluding hydrogens is 709 g/mol. The molecule has 0 aliphatic rings. The van der Waals surface area contributed by atoms with Crippen LogP contribution in [0.4, 0.5) is 0 Å². The molecule has 0 radical (unpaired) electrons. The number of ether oxygens (including phenoxy) is 1. The number of hydrogen-bond donors (Lipinski definition) is 0. The van der Waals surface area contributed by atoms with Gasteiger partial charge in [-0.15, -0.1) is 0 Å². The molecule has 0 amide bonds. The highest BCUT2D eigenvalue weighted by Gasteiger charge is 2.45. The lowest BCUT2D eigenvalue weighted by molar-refractivity contribution is -0.160. The van der Waals surface area contributed by atoms with Crippen molar-refractivity contribution in [3.8, 4) is 0 Å². The van der Waals surface area contributed by atoms with E-state index in [9.17, 15) is 9.59 Å². The summed E-state index contributed by atoms with van der Waals surface area (Å²) in [6, 6.07) is 36.2. The van der Waals surface area contributed by atoms with Crippen LogP contribution in [0, 0.1) is 11.8 Å². The Hall–Kier alpha value is -4.29. The molecule has 0 spiro atoms. The molecule has 56 heavy (non-hydrogen) atoms. The lowest BCUT2D eigenvalue weighted by Gasteiger charge is -2.40. The van der Waals surface area contributed by atoms with Crippen LogP contribution in [0.1, 0.15) is 114 Å². The Morgan fingerprint density at radius 2 is 0.929 bits per heavy atom. The second-order valence-electron chi connectivity index (χ2n) is 17.0. The Balaban J connectivity index is 1.48. The average molecular weight is 773 g/mol. The Kier molecular flexibility index (Phi) is 16.5. The first-order valence-electron chi connectivity index (χ1n) is 20.3. The molecule has 6 heteroatoms. The highest BCUT2D eigenvalue weighted by atomic mass is 32.2. The molecule has 5 nitrogen and oxygen atoms in total. The van der Waals surface area contributed by atoms with Gasteiger partial charge in [-0.2, -0.15) is 0 Å². The fourth-order valence-corrected chi connectivity index (χ4v) is 7.45. The predicted octanol–water partition coefficient (Wildman–Crippen LogP) is 11.7. The molecule has 0 aliphatic heterocycles. The number of rotatable bonds is 19. The van der Waals surface area contributed by atoms with E-state index in [0.717, 1.165) is 24.0 Å². The second kappa shape index (κ2) is 20.8. The number of benzene rings is 4. The standard InChI is InChI=1S/C50H64N2O3S/c1-35(2)43-25-21-41(22-26-43)29-37(5)33-51-45(31-39-17-13-11-14-18-39)47(53)55-49(7,8)50(9,10)56-48(54)46(32-40-19-15-12-16-20-40)52-34-38(6)30-42-23-27-44(28-24-42)36(3)4/h11-28,33-38,45-46H,29-32H2,1-10H3. The molecule has 4 aromatic carbocycles. The van der Waals surface area contributed by atoms with Gasteiger partial charge in [0.1, 0.15) is 11.6 Å². The third-order valence-corrected chi connectivity index (χ3v) is 12.2. The molecular formula is C50H64N2O3S. The van der Waals surface area contributed by atoms with Crippen LogP contribution in [0.3, 0.4) is 0 Å². The van der Waals surface area contributed by atoms with Gasteiger partial charge < -0.3 is 4.74 Å². The van der Waals surface area contributed by atoms with Crippen molar-refractivity contribution in [3.05, 3.63) is 143 Å². The van der Waals surface area contributed by atoms with Gasteiger partial charge in [0.15, 0.2) is 6.04 Å². The van der Waals surface area contributed by atoms with Crippen molar-refractivity contribution in [2.75, 3.05) is 0 Å². The summed E-state index contributed by atoms with van der Waals surface area (Å²) in [5.41, 5.74) is 6.18. The molecule has 0 bridgehead atoms. The van der Waals surface area contributed by atoms with Crippen LogP contribution in [0.25, 0.3) is 0 Å². The van der Waals surface area contributed by atoms with Crippen LogP contribution in [0.15, 0.2) is 119 Å². The fourth-order valence-electron chi connectivity index (χ4n) is 6.38. The second-order valence-corrected chi connectivity index (χ2v) is 18.7. The van der Waals surface area contributed by atoms with E-state index >= 15 is 0 Å². The van der Waals surface area contributed by atoms with E-state index < -0.39 is 28.4 Å². The van der Waals surface area contributed by atoms with E-state index in [4.69, 9.17) is 14.7 Å². The van der Waals surface area contributed by atoms with Crippen LogP contribution in [-0.2, 0) is 40.0 Å². The molecule has 0 fully saturated rings. The third kappa shape index (κ3) is 13.7. The molecule has 0 heterocycles. The van der Waals surface area contributed by atoms with Crippen LogP contribution in [0.5, 0.6) is 0 Å². The van der Waals surface area contributed by atoms with Crippen LogP contribution >= 0.6 is 11.8 Å². The van der Waals surface area contributed by atoms with Crippen LogP contribution in [-0.4, -0.2) is 45.9 Å². The number of nitrogens with zero attached hydrogens (tertiary/aromatic N) is 2.